The van der Waals surface area contributed by atoms with Gasteiger partial charge in [0.2, 0.25) is 27.7 Å². The number of amides is 4. The van der Waals surface area contributed by atoms with Gasteiger partial charge in [0, 0.05) is 23.8 Å². The highest BCUT2D eigenvalue weighted by atomic mass is 32.2. The molecule has 14 nitrogen and oxygen atoms in total. The van der Waals surface area contributed by atoms with Gasteiger partial charge in [-0.25, -0.2) is 27.8 Å². The first-order valence-corrected chi connectivity index (χ1v) is 20.4. The molecule has 0 spiro atoms. The lowest BCUT2D eigenvalue weighted by molar-refractivity contribution is -0.141. The number of aromatic nitrogens is 3. The van der Waals surface area contributed by atoms with Crippen molar-refractivity contribution in [2.45, 2.75) is 107 Å². The fourth-order valence-corrected chi connectivity index (χ4v) is 8.88. The Morgan fingerprint density at radius 3 is 2.70 bits per heavy atom. The van der Waals surface area contributed by atoms with Crippen molar-refractivity contribution < 1.29 is 36.7 Å². The van der Waals surface area contributed by atoms with E-state index in [9.17, 15) is 32.0 Å². The molecule has 4 aliphatic rings. The minimum absolute atomic E-state index is 0.00901. The molecule has 2 saturated carbocycles. The summed E-state index contributed by atoms with van der Waals surface area (Å²) in [5, 5.41) is 7.26. The number of thiazole rings is 1. The maximum atomic E-state index is 14.5. The number of sulfonamides is 1. The second-order valence-corrected chi connectivity index (χ2v) is 17.5. The molecule has 3 aromatic rings. The van der Waals surface area contributed by atoms with Gasteiger partial charge in [0.25, 0.3) is 11.8 Å². The topological polar surface area (TPSA) is 190 Å². The third-order valence-electron chi connectivity index (χ3n) is 10.7. The molecule has 1 unspecified atom stereocenters. The number of carbonyl (C=O) groups is 4. The third-order valence-corrected chi connectivity index (χ3v) is 13.5. The van der Waals surface area contributed by atoms with Crippen LogP contribution in [-0.2, 0) is 30.8 Å². The summed E-state index contributed by atoms with van der Waals surface area (Å²) in [6, 6.07) is 1.92. The van der Waals surface area contributed by atoms with Gasteiger partial charge in [-0.05, 0) is 64.0 Å². The highest BCUT2D eigenvalue weighted by Gasteiger charge is 2.63. The van der Waals surface area contributed by atoms with E-state index in [4.69, 9.17) is 4.74 Å². The summed E-state index contributed by atoms with van der Waals surface area (Å²) in [4.78, 5) is 70.4. The number of halogens is 1. The van der Waals surface area contributed by atoms with E-state index in [0.717, 1.165) is 12.8 Å². The SMILES string of the molecule is CCc1nc2ccc(F)cc2nc1O[C@@H]1C[C@H]2C(=O)N[C@]3(C(=O)NS(=O)(=O)C4(C)CC4)CC3/C=C\CCCCC[C@H](NC(=O)c3cscn3)C(=O)N2C1. The maximum absolute atomic E-state index is 14.5. The Kier molecular flexibility index (Phi) is 9.99. The van der Waals surface area contributed by atoms with Crippen molar-refractivity contribution in [3.8, 4) is 5.88 Å². The molecule has 53 heavy (non-hydrogen) atoms. The number of hydrogen-bond donors (Lipinski definition) is 3. The van der Waals surface area contributed by atoms with Crippen molar-refractivity contribution in [1.29, 1.82) is 0 Å². The summed E-state index contributed by atoms with van der Waals surface area (Å²) in [6.07, 6.45) is 7.60. The van der Waals surface area contributed by atoms with Crippen molar-refractivity contribution in [2.75, 3.05) is 6.54 Å². The molecule has 17 heteroatoms. The van der Waals surface area contributed by atoms with Gasteiger partial charge in [-0.3, -0.25) is 23.9 Å². The summed E-state index contributed by atoms with van der Waals surface area (Å²) in [6.45, 7) is 3.37. The number of nitrogens with one attached hydrogen (secondary N) is 3. The number of allylic oxidation sites excluding steroid dienone is 1. The van der Waals surface area contributed by atoms with Gasteiger partial charge < -0.3 is 20.3 Å². The fraction of sp³-hybridized carbons (Fsp3) is 0.528. The molecule has 2 aromatic heterocycles. The zero-order valence-corrected chi connectivity index (χ0v) is 31.1. The summed E-state index contributed by atoms with van der Waals surface area (Å²) in [5.41, 5.74) is 1.41. The first kappa shape index (κ1) is 36.8. The van der Waals surface area contributed by atoms with Crippen LogP contribution < -0.4 is 20.1 Å². The van der Waals surface area contributed by atoms with Crippen LogP contribution in [0.15, 0.2) is 41.2 Å². The molecule has 3 N–H and O–H groups in total. The maximum Gasteiger partial charge on any atom is 0.271 e. The van der Waals surface area contributed by atoms with Crippen molar-refractivity contribution in [1.82, 2.24) is 35.2 Å². The average molecular weight is 768 g/mol. The zero-order valence-electron chi connectivity index (χ0n) is 29.5. The van der Waals surface area contributed by atoms with Crippen LogP contribution in [-0.4, -0.2) is 86.9 Å². The Bertz CT molecular complexity index is 2070. The predicted octanol–water partition coefficient (Wildman–Crippen LogP) is 3.33. The predicted molar refractivity (Wildman–Crippen MR) is 193 cm³/mol. The Balaban J connectivity index is 1.20. The molecule has 2 aliphatic heterocycles. The molecule has 0 radical (unpaired) electrons. The van der Waals surface area contributed by atoms with Crippen molar-refractivity contribution in [3.63, 3.8) is 0 Å². The van der Waals surface area contributed by atoms with Crippen LogP contribution in [0.2, 0.25) is 0 Å². The first-order valence-electron chi connectivity index (χ1n) is 18.0. The summed E-state index contributed by atoms with van der Waals surface area (Å²) >= 11 is 1.25. The number of rotatable bonds is 8. The normalized spacial score (nSPS) is 27.7. The van der Waals surface area contributed by atoms with Crippen molar-refractivity contribution in [2.24, 2.45) is 5.92 Å². The van der Waals surface area contributed by atoms with Gasteiger partial charge in [0.05, 0.1) is 27.8 Å². The van der Waals surface area contributed by atoms with E-state index in [-0.39, 0.29) is 36.5 Å². The van der Waals surface area contributed by atoms with Crippen LogP contribution in [0, 0.1) is 11.7 Å². The quantitative estimate of drug-likeness (QED) is 0.287. The molecule has 1 aromatic carbocycles. The molecule has 7 rings (SSSR count). The number of fused-ring (bicyclic) bond motifs is 3. The lowest BCUT2D eigenvalue weighted by Crippen LogP contribution is -2.58. The number of ether oxygens (including phenoxy) is 1. The van der Waals surface area contributed by atoms with E-state index in [0.29, 0.717) is 49.7 Å². The molecular weight excluding hydrogens is 726 g/mol. The van der Waals surface area contributed by atoms with Gasteiger partial charge >= 0.3 is 0 Å². The molecule has 3 fully saturated rings. The second kappa shape index (κ2) is 14.4. The van der Waals surface area contributed by atoms with E-state index in [1.54, 1.807) is 12.3 Å². The number of hydrogen-bond acceptors (Lipinski definition) is 11. The van der Waals surface area contributed by atoms with Gasteiger partial charge in [0.15, 0.2) is 0 Å². The zero-order chi connectivity index (χ0) is 37.5. The molecular formula is C36H42FN7O7S2. The second-order valence-electron chi connectivity index (χ2n) is 14.6. The smallest absolute Gasteiger partial charge is 0.271 e. The van der Waals surface area contributed by atoms with E-state index in [1.165, 1.54) is 39.9 Å². The van der Waals surface area contributed by atoms with Gasteiger partial charge in [-0.15, -0.1) is 11.3 Å². The molecule has 282 valence electrons. The summed E-state index contributed by atoms with van der Waals surface area (Å²) in [7, 11) is -4.00. The third kappa shape index (κ3) is 7.50. The number of aryl methyl sites for hydroxylation is 1. The van der Waals surface area contributed by atoms with Gasteiger partial charge in [-0.1, -0.05) is 31.9 Å². The van der Waals surface area contributed by atoms with Crippen LogP contribution >= 0.6 is 11.3 Å². The Labute approximate surface area is 310 Å². The fourth-order valence-electron chi connectivity index (χ4n) is 7.03. The average Bonchev–Trinajstić information content (AvgIpc) is 3.87. The van der Waals surface area contributed by atoms with E-state index < -0.39 is 73.9 Å². The van der Waals surface area contributed by atoms with Gasteiger partial charge in [0.1, 0.15) is 40.9 Å². The van der Waals surface area contributed by atoms with Crippen LogP contribution in [0.1, 0.15) is 87.8 Å². The van der Waals surface area contributed by atoms with E-state index in [1.807, 2.05) is 19.1 Å². The Hall–Kier alpha value is -4.51. The van der Waals surface area contributed by atoms with Crippen LogP contribution in [0.3, 0.4) is 0 Å². The van der Waals surface area contributed by atoms with Gasteiger partial charge in [-0.2, -0.15) is 0 Å². The first-order chi connectivity index (χ1) is 25.3. The lowest BCUT2D eigenvalue weighted by Gasteiger charge is -2.30. The number of benzene rings is 1. The van der Waals surface area contributed by atoms with E-state index in [2.05, 4.69) is 30.3 Å². The monoisotopic (exact) mass is 767 g/mol. The van der Waals surface area contributed by atoms with Crippen molar-refractivity contribution >= 4 is 56.0 Å². The summed E-state index contributed by atoms with van der Waals surface area (Å²) in [5.74, 6) is -3.32. The molecule has 1 saturated heterocycles. The number of carbonyl (C=O) groups excluding carboxylic acids is 4. The van der Waals surface area contributed by atoms with Crippen LogP contribution in [0.5, 0.6) is 5.88 Å². The highest BCUT2D eigenvalue weighted by molar-refractivity contribution is 7.91. The Morgan fingerprint density at radius 2 is 1.96 bits per heavy atom. The number of nitrogens with zero attached hydrogens (tertiary/aromatic N) is 4. The molecule has 5 atom stereocenters. The van der Waals surface area contributed by atoms with Crippen molar-refractivity contribution in [3.05, 3.63) is 58.4 Å². The minimum atomic E-state index is -4.00. The highest BCUT2D eigenvalue weighted by Crippen LogP contribution is 2.47. The van der Waals surface area contributed by atoms with Crippen LogP contribution in [0.4, 0.5) is 4.39 Å². The molecule has 0 bridgehead atoms. The standard InChI is InChI=1S/C36H42FN7O7S2/c1-3-24-32(41-27-15-22(37)11-12-25(27)39-24)51-23-16-29-31(46)42-36(34(48)43-53(49,50)35(2)13-14-35)17-21(36)9-7-5-4-6-8-10-26(33(47)44(29)18-23)40-30(45)28-19-52-20-38-28/h7,9,11-12,15,19-21,23,26,29H,3-6,8,10,13-14,16-18H2,1-2H3,(H,40,45)(H,42,46)(H,43,48)/b9-7-/t21?,23-,26+,29+,36-/m1/s1. The lowest BCUT2D eigenvalue weighted by atomic mass is 10.0. The molecule has 4 heterocycles. The molecule has 4 amide bonds. The van der Waals surface area contributed by atoms with Crippen LogP contribution in [0.25, 0.3) is 11.0 Å². The summed E-state index contributed by atoms with van der Waals surface area (Å²) < 4.78 is 47.9. The van der Waals surface area contributed by atoms with E-state index >= 15 is 0 Å². The molecule has 2 aliphatic carbocycles. The minimum Gasteiger partial charge on any atom is -0.471 e. The Morgan fingerprint density at radius 1 is 1.15 bits per heavy atom. The largest absolute Gasteiger partial charge is 0.471 e.